The highest BCUT2D eigenvalue weighted by atomic mass is 32.1. The Balaban J connectivity index is 1.97. The third-order valence-corrected chi connectivity index (χ3v) is 3.91. The van der Waals surface area contributed by atoms with Crippen molar-refractivity contribution in [3.8, 4) is 0 Å². The predicted molar refractivity (Wildman–Crippen MR) is 84.1 cm³/mol. The zero-order chi connectivity index (χ0) is 16.1. The van der Waals surface area contributed by atoms with Crippen LogP contribution in [0.4, 0.5) is 19.3 Å². The Hall–Kier alpha value is -1.99. The van der Waals surface area contributed by atoms with Gasteiger partial charge in [-0.15, -0.1) is 0 Å². The molecule has 0 aliphatic heterocycles. The minimum Gasteiger partial charge on any atom is -0.336 e. The number of urea groups is 1. The van der Waals surface area contributed by atoms with E-state index in [0.29, 0.717) is 6.54 Å². The largest absolute Gasteiger partial charge is 0.336 e. The van der Waals surface area contributed by atoms with Crippen molar-refractivity contribution < 1.29 is 13.6 Å². The van der Waals surface area contributed by atoms with Crippen LogP contribution in [-0.4, -0.2) is 31.6 Å². The standard InChI is InChI=1S/C15H17F2N3OS/c1-20(2)13(10-6-7-22-9-10)8-18-15(21)19-14-11(16)4-3-5-12(14)17/h3-7,9,13H,8H2,1-2H3,(H2,18,19,21)/t13-/m0/s1. The minimum atomic E-state index is -0.808. The maximum absolute atomic E-state index is 13.5. The van der Waals surface area contributed by atoms with Gasteiger partial charge in [-0.05, 0) is 48.6 Å². The van der Waals surface area contributed by atoms with E-state index in [9.17, 15) is 13.6 Å². The van der Waals surface area contributed by atoms with Gasteiger partial charge >= 0.3 is 6.03 Å². The summed E-state index contributed by atoms with van der Waals surface area (Å²) >= 11 is 1.57. The van der Waals surface area contributed by atoms with Crippen LogP contribution in [0.25, 0.3) is 0 Å². The van der Waals surface area contributed by atoms with E-state index < -0.39 is 23.4 Å². The molecule has 0 saturated heterocycles. The Kier molecular flexibility index (Phi) is 5.46. The van der Waals surface area contributed by atoms with Crippen LogP contribution in [0.2, 0.25) is 0 Å². The Bertz CT molecular complexity index is 611. The van der Waals surface area contributed by atoms with Crippen LogP contribution in [-0.2, 0) is 0 Å². The van der Waals surface area contributed by atoms with E-state index in [2.05, 4.69) is 10.6 Å². The first-order valence-corrected chi connectivity index (χ1v) is 7.60. The lowest BCUT2D eigenvalue weighted by Gasteiger charge is -2.24. The quantitative estimate of drug-likeness (QED) is 0.884. The van der Waals surface area contributed by atoms with Crippen molar-refractivity contribution in [3.05, 3.63) is 52.2 Å². The molecule has 1 heterocycles. The number of anilines is 1. The monoisotopic (exact) mass is 325 g/mol. The molecule has 4 nitrogen and oxygen atoms in total. The van der Waals surface area contributed by atoms with Crippen LogP contribution in [0.15, 0.2) is 35.0 Å². The molecule has 2 amide bonds. The predicted octanol–water partition coefficient (Wildman–Crippen LogP) is 3.45. The number of hydrogen-bond donors (Lipinski definition) is 2. The number of nitrogens with one attached hydrogen (secondary N) is 2. The third-order valence-electron chi connectivity index (χ3n) is 3.21. The Morgan fingerprint density at radius 2 is 1.95 bits per heavy atom. The number of amides is 2. The molecule has 0 radical (unpaired) electrons. The first-order valence-electron chi connectivity index (χ1n) is 6.66. The van der Waals surface area contributed by atoms with Crippen molar-refractivity contribution >= 4 is 23.1 Å². The molecule has 0 aliphatic carbocycles. The van der Waals surface area contributed by atoms with E-state index in [4.69, 9.17) is 0 Å². The highest BCUT2D eigenvalue weighted by molar-refractivity contribution is 7.07. The van der Waals surface area contributed by atoms with Gasteiger partial charge in [-0.3, -0.25) is 0 Å². The van der Waals surface area contributed by atoms with E-state index in [-0.39, 0.29) is 6.04 Å². The van der Waals surface area contributed by atoms with Gasteiger partial charge < -0.3 is 15.5 Å². The van der Waals surface area contributed by atoms with E-state index in [1.165, 1.54) is 6.07 Å². The fraction of sp³-hybridized carbons (Fsp3) is 0.267. The van der Waals surface area contributed by atoms with E-state index in [1.807, 2.05) is 35.8 Å². The Labute approximate surface area is 131 Å². The Morgan fingerprint density at radius 3 is 2.50 bits per heavy atom. The van der Waals surface area contributed by atoms with Gasteiger partial charge in [-0.2, -0.15) is 11.3 Å². The molecule has 22 heavy (non-hydrogen) atoms. The molecule has 1 aromatic carbocycles. The molecule has 2 N–H and O–H groups in total. The number of rotatable bonds is 5. The van der Waals surface area contributed by atoms with Crippen LogP contribution in [0.3, 0.4) is 0 Å². The summed E-state index contributed by atoms with van der Waals surface area (Å²) in [5, 5.41) is 8.80. The molecule has 0 fully saturated rings. The zero-order valence-electron chi connectivity index (χ0n) is 12.3. The number of hydrogen-bond acceptors (Lipinski definition) is 3. The molecule has 118 valence electrons. The summed E-state index contributed by atoms with van der Waals surface area (Å²) in [6, 6.07) is 4.74. The van der Waals surface area contributed by atoms with Gasteiger partial charge in [0.2, 0.25) is 0 Å². The summed E-state index contributed by atoms with van der Waals surface area (Å²) in [4.78, 5) is 13.8. The fourth-order valence-corrected chi connectivity index (χ4v) is 2.73. The molecule has 1 aromatic heterocycles. The number of carbonyl (C=O) groups is 1. The van der Waals surface area contributed by atoms with Gasteiger partial charge in [0.1, 0.15) is 17.3 Å². The van der Waals surface area contributed by atoms with E-state index >= 15 is 0 Å². The number of likely N-dealkylation sites (N-methyl/N-ethyl adjacent to an activating group) is 1. The summed E-state index contributed by atoms with van der Waals surface area (Å²) in [6.07, 6.45) is 0. The SMILES string of the molecule is CN(C)[C@@H](CNC(=O)Nc1c(F)cccc1F)c1ccsc1. The summed E-state index contributed by atoms with van der Waals surface area (Å²) in [5.41, 5.74) is 0.629. The lowest BCUT2D eigenvalue weighted by molar-refractivity contribution is 0.243. The number of benzene rings is 1. The van der Waals surface area contributed by atoms with Crippen LogP contribution < -0.4 is 10.6 Å². The van der Waals surface area contributed by atoms with Crippen molar-refractivity contribution in [2.24, 2.45) is 0 Å². The van der Waals surface area contributed by atoms with Crippen LogP contribution >= 0.6 is 11.3 Å². The summed E-state index contributed by atoms with van der Waals surface area (Å²) in [6.45, 7) is 0.325. The van der Waals surface area contributed by atoms with Gasteiger partial charge in [0.25, 0.3) is 0 Å². The highest BCUT2D eigenvalue weighted by Gasteiger charge is 2.17. The van der Waals surface area contributed by atoms with Gasteiger partial charge in [0, 0.05) is 6.54 Å². The number of halogens is 2. The van der Waals surface area contributed by atoms with Crippen LogP contribution in [0.5, 0.6) is 0 Å². The molecule has 2 aromatic rings. The Morgan fingerprint density at radius 1 is 1.27 bits per heavy atom. The van der Waals surface area contributed by atoms with Crippen molar-refractivity contribution in [2.45, 2.75) is 6.04 Å². The normalized spacial score (nSPS) is 12.2. The number of thiophene rings is 1. The molecular formula is C15H17F2N3OS. The van der Waals surface area contributed by atoms with Crippen molar-refractivity contribution in [3.63, 3.8) is 0 Å². The van der Waals surface area contributed by atoms with Gasteiger partial charge in [-0.25, -0.2) is 13.6 Å². The average Bonchev–Trinajstić information content (AvgIpc) is 2.97. The second kappa shape index (κ2) is 7.33. The fourth-order valence-electron chi connectivity index (χ4n) is 2.03. The first-order chi connectivity index (χ1) is 10.5. The molecular weight excluding hydrogens is 308 g/mol. The van der Waals surface area contributed by atoms with Crippen molar-refractivity contribution in [1.29, 1.82) is 0 Å². The second-order valence-corrected chi connectivity index (χ2v) is 5.75. The smallest absolute Gasteiger partial charge is 0.319 e. The molecule has 0 spiro atoms. The van der Waals surface area contributed by atoms with Gasteiger partial charge in [0.15, 0.2) is 0 Å². The molecule has 2 rings (SSSR count). The molecule has 1 atom stereocenters. The summed E-state index contributed by atoms with van der Waals surface area (Å²) < 4.78 is 26.9. The molecule has 7 heteroatoms. The molecule has 0 aliphatic rings. The van der Waals surface area contributed by atoms with Crippen molar-refractivity contribution in [2.75, 3.05) is 26.0 Å². The molecule has 0 saturated carbocycles. The average molecular weight is 325 g/mol. The number of carbonyl (C=O) groups excluding carboxylic acids is 1. The van der Waals surface area contributed by atoms with Crippen molar-refractivity contribution in [1.82, 2.24) is 10.2 Å². The van der Waals surface area contributed by atoms with E-state index in [0.717, 1.165) is 17.7 Å². The lowest BCUT2D eigenvalue weighted by atomic mass is 10.1. The number of para-hydroxylation sites is 1. The first kappa shape index (κ1) is 16.4. The molecule has 0 bridgehead atoms. The third kappa shape index (κ3) is 4.02. The van der Waals surface area contributed by atoms with Gasteiger partial charge in [-0.1, -0.05) is 6.07 Å². The maximum Gasteiger partial charge on any atom is 0.319 e. The number of nitrogens with zero attached hydrogens (tertiary/aromatic N) is 1. The lowest BCUT2D eigenvalue weighted by Crippen LogP contribution is -2.37. The van der Waals surface area contributed by atoms with Gasteiger partial charge in [0.05, 0.1) is 6.04 Å². The van der Waals surface area contributed by atoms with E-state index in [1.54, 1.807) is 11.3 Å². The topological polar surface area (TPSA) is 44.4 Å². The minimum absolute atomic E-state index is 0.0116. The highest BCUT2D eigenvalue weighted by Crippen LogP contribution is 2.20. The summed E-state index contributed by atoms with van der Waals surface area (Å²) in [5.74, 6) is -1.62. The van der Waals surface area contributed by atoms with Crippen LogP contribution in [0.1, 0.15) is 11.6 Å². The zero-order valence-corrected chi connectivity index (χ0v) is 13.1. The van der Waals surface area contributed by atoms with Crippen LogP contribution in [0, 0.1) is 11.6 Å². The maximum atomic E-state index is 13.5. The summed E-state index contributed by atoms with van der Waals surface area (Å²) in [7, 11) is 3.80. The molecule has 0 unspecified atom stereocenters. The second-order valence-electron chi connectivity index (χ2n) is 4.97.